The van der Waals surface area contributed by atoms with E-state index in [1.165, 1.54) is 4.90 Å². The van der Waals surface area contributed by atoms with E-state index in [0.717, 1.165) is 0 Å². The van der Waals surface area contributed by atoms with Crippen molar-refractivity contribution in [2.45, 2.75) is 36.8 Å². The number of esters is 2. The first kappa shape index (κ1) is 27.5. The van der Waals surface area contributed by atoms with Gasteiger partial charge in [-0.25, -0.2) is 18.0 Å². The van der Waals surface area contributed by atoms with Gasteiger partial charge in [-0.1, -0.05) is 0 Å². The zero-order valence-electron chi connectivity index (χ0n) is 15.8. The number of hydrogen-bond acceptors (Lipinski definition) is 9. The van der Waals surface area contributed by atoms with Gasteiger partial charge in [0.15, 0.2) is 0 Å². The van der Waals surface area contributed by atoms with Crippen molar-refractivity contribution in [3.8, 4) is 0 Å². The molecule has 0 aliphatic carbocycles. The molecule has 0 aliphatic rings. The van der Waals surface area contributed by atoms with Crippen LogP contribution in [0.25, 0.3) is 0 Å². The van der Waals surface area contributed by atoms with E-state index in [0.29, 0.717) is 0 Å². The topological polar surface area (TPSA) is 144 Å². The SMILES string of the molecule is CC(C)(C)N(CCOC(=O)C(F)(F)S(C)(=O)=O)CCOC(=O)C(F)(F)S(=O)(=O)O. The maximum Gasteiger partial charge on any atom is 0.465 e. The van der Waals surface area contributed by atoms with Crippen molar-refractivity contribution in [3.63, 3.8) is 0 Å². The van der Waals surface area contributed by atoms with Crippen LogP contribution in [0, 0.1) is 0 Å². The van der Waals surface area contributed by atoms with E-state index in [1.807, 2.05) is 0 Å². The smallest absolute Gasteiger partial charge is 0.459 e. The quantitative estimate of drug-likeness (QED) is 0.266. The molecule has 1 N–H and O–H groups in total. The Morgan fingerprint density at radius 2 is 1.21 bits per heavy atom. The van der Waals surface area contributed by atoms with E-state index in [2.05, 4.69) is 9.47 Å². The van der Waals surface area contributed by atoms with Crippen LogP contribution in [-0.4, -0.2) is 86.8 Å². The summed E-state index contributed by atoms with van der Waals surface area (Å²) in [5.74, 6) is -4.82. The average molecular weight is 475 g/mol. The summed E-state index contributed by atoms with van der Waals surface area (Å²) in [5, 5.41) is -9.93. The Kier molecular flexibility index (Phi) is 8.62. The lowest BCUT2D eigenvalue weighted by molar-refractivity contribution is -0.163. The van der Waals surface area contributed by atoms with Gasteiger partial charge in [0.1, 0.15) is 13.2 Å². The number of sulfone groups is 1. The lowest BCUT2D eigenvalue weighted by Gasteiger charge is -2.35. The van der Waals surface area contributed by atoms with E-state index in [4.69, 9.17) is 4.55 Å². The van der Waals surface area contributed by atoms with E-state index >= 15 is 0 Å². The predicted octanol–water partition coefficient (Wildman–Crippen LogP) is 0.291. The van der Waals surface area contributed by atoms with Crippen LogP contribution in [0.15, 0.2) is 0 Å². The van der Waals surface area contributed by atoms with Gasteiger partial charge in [-0.2, -0.15) is 26.0 Å². The summed E-state index contributed by atoms with van der Waals surface area (Å²) < 4.78 is 112. The van der Waals surface area contributed by atoms with Gasteiger partial charge in [0.2, 0.25) is 9.84 Å². The molecule has 0 spiro atoms. The lowest BCUT2D eigenvalue weighted by Crippen LogP contribution is -2.47. The molecule has 0 fully saturated rings. The molecular weight excluding hydrogens is 454 g/mol. The first-order chi connectivity index (χ1) is 12.7. The second-order valence-corrected chi connectivity index (χ2v) is 10.2. The number of ether oxygens (including phenoxy) is 2. The summed E-state index contributed by atoms with van der Waals surface area (Å²) in [6, 6.07) is 0. The Balaban J connectivity index is 4.88. The zero-order chi connectivity index (χ0) is 23.5. The highest BCUT2D eigenvalue weighted by molar-refractivity contribution is 7.92. The lowest BCUT2D eigenvalue weighted by atomic mass is 10.1. The van der Waals surface area contributed by atoms with E-state index < -0.39 is 61.2 Å². The molecule has 29 heavy (non-hydrogen) atoms. The molecule has 0 aromatic rings. The number of hydrogen-bond donors (Lipinski definition) is 1. The Bertz CT molecular complexity index is 758. The van der Waals surface area contributed by atoms with E-state index in [1.54, 1.807) is 20.8 Å². The fourth-order valence-corrected chi connectivity index (χ4v) is 2.34. The van der Waals surface area contributed by atoms with Crippen LogP contribution in [0.3, 0.4) is 0 Å². The Labute approximate surface area is 164 Å². The molecule has 0 heterocycles. The molecule has 10 nitrogen and oxygen atoms in total. The number of nitrogens with zero attached hydrogens (tertiary/aromatic N) is 1. The van der Waals surface area contributed by atoms with Crippen molar-refractivity contribution in [3.05, 3.63) is 0 Å². The number of carbonyl (C=O) groups excluding carboxylic acids is 2. The van der Waals surface area contributed by atoms with Gasteiger partial charge in [-0.05, 0) is 20.8 Å². The van der Waals surface area contributed by atoms with Gasteiger partial charge in [-0.3, -0.25) is 9.45 Å². The minimum absolute atomic E-state index is 0.145. The molecule has 16 heteroatoms. The van der Waals surface area contributed by atoms with Gasteiger partial charge in [-0.15, -0.1) is 0 Å². The molecule has 172 valence electrons. The normalized spacial score (nSPS) is 14.0. The van der Waals surface area contributed by atoms with Gasteiger partial charge in [0, 0.05) is 24.9 Å². The maximum absolute atomic E-state index is 13.3. The number of alkyl halides is 4. The summed E-state index contributed by atoms with van der Waals surface area (Å²) in [7, 11) is -11.1. The molecule has 0 amide bonds. The predicted molar refractivity (Wildman–Crippen MR) is 89.5 cm³/mol. The summed E-state index contributed by atoms with van der Waals surface area (Å²) in [5.41, 5.74) is -0.788. The fraction of sp³-hybridized carbons (Fsp3) is 0.846. The monoisotopic (exact) mass is 475 g/mol. The third-order valence-electron chi connectivity index (χ3n) is 3.40. The van der Waals surface area contributed by atoms with Crippen molar-refractivity contribution >= 4 is 31.9 Å². The molecule has 0 unspecified atom stereocenters. The van der Waals surface area contributed by atoms with Crippen LogP contribution < -0.4 is 0 Å². The second kappa shape index (κ2) is 9.09. The minimum Gasteiger partial charge on any atom is -0.459 e. The van der Waals surface area contributed by atoms with E-state index in [9.17, 15) is 44.0 Å². The number of halogens is 4. The molecule has 0 radical (unpaired) electrons. The van der Waals surface area contributed by atoms with E-state index in [-0.39, 0.29) is 19.3 Å². The molecule has 0 saturated carbocycles. The Morgan fingerprint density at radius 1 is 0.862 bits per heavy atom. The molecular formula is C13H21F4NO9S2. The largest absolute Gasteiger partial charge is 0.465 e. The molecule has 0 rings (SSSR count). The van der Waals surface area contributed by atoms with Gasteiger partial charge < -0.3 is 9.47 Å². The third-order valence-corrected chi connectivity index (χ3v) is 5.31. The molecule has 0 aromatic heterocycles. The third kappa shape index (κ3) is 7.35. The summed E-state index contributed by atoms with van der Waals surface area (Å²) in [6.07, 6.45) is 0.145. The van der Waals surface area contributed by atoms with Crippen molar-refractivity contribution in [2.75, 3.05) is 32.6 Å². The second-order valence-electron chi connectivity index (χ2n) is 6.71. The summed E-state index contributed by atoms with van der Waals surface area (Å²) in [6.45, 7) is 2.63. The highest BCUT2D eigenvalue weighted by Crippen LogP contribution is 2.23. The van der Waals surface area contributed by atoms with Crippen LogP contribution in [0.4, 0.5) is 17.6 Å². The van der Waals surface area contributed by atoms with Crippen LogP contribution in [0.1, 0.15) is 20.8 Å². The van der Waals surface area contributed by atoms with Crippen molar-refractivity contribution in [1.82, 2.24) is 4.90 Å². The van der Waals surface area contributed by atoms with Crippen LogP contribution in [-0.2, 0) is 39.0 Å². The average Bonchev–Trinajstić information content (AvgIpc) is 2.49. The highest BCUT2D eigenvalue weighted by atomic mass is 32.2. The molecule has 0 atom stereocenters. The van der Waals surface area contributed by atoms with Gasteiger partial charge in [0.25, 0.3) is 0 Å². The molecule has 0 saturated heterocycles. The standard InChI is InChI=1S/C13H21F4NO9S2/c1-11(2,3)18(5-7-26-9(19)12(14,15)28(4,21)22)6-8-27-10(20)13(16,17)29(23,24)25/h5-8H2,1-4H3,(H,23,24,25). The summed E-state index contributed by atoms with van der Waals surface area (Å²) >= 11 is 0. The summed E-state index contributed by atoms with van der Waals surface area (Å²) in [4.78, 5) is 23.7. The van der Waals surface area contributed by atoms with Gasteiger partial charge >= 0.3 is 32.6 Å². The zero-order valence-corrected chi connectivity index (χ0v) is 17.5. The molecule has 0 bridgehead atoms. The van der Waals surface area contributed by atoms with Crippen molar-refractivity contribution in [1.29, 1.82) is 0 Å². The Hall–Kier alpha value is -1.52. The maximum atomic E-state index is 13.3. The Morgan fingerprint density at radius 3 is 1.48 bits per heavy atom. The van der Waals surface area contributed by atoms with Crippen LogP contribution in [0.2, 0.25) is 0 Å². The fourth-order valence-electron chi connectivity index (χ4n) is 1.70. The molecule has 0 aromatic carbocycles. The van der Waals surface area contributed by atoms with Crippen LogP contribution >= 0.6 is 0 Å². The van der Waals surface area contributed by atoms with Gasteiger partial charge in [0.05, 0.1) is 0 Å². The van der Waals surface area contributed by atoms with Crippen LogP contribution in [0.5, 0.6) is 0 Å². The first-order valence-electron chi connectivity index (χ1n) is 7.67. The number of carbonyl (C=O) groups is 2. The van der Waals surface area contributed by atoms with Crippen molar-refractivity contribution in [2.24, 2.45) is 0 Å². The number of rotatable bonds is 10. The highest BCUT2D eigenvalue weighted by Gasteiger charge is 2.54. The molecule has 0 aliphatic heterocycles. The van der Waals surface area contributed by atoms with Crippen molar-refractivity contribution < 1.29 is 58.0 Å². The minimum atomic E-state index is -6.03. The first-order valence-corrected chi connectivity index (χ1v) is 11.0.